The zero-order valence-corrected chi connectivity index (χ0v) is 11.7. The number of rotatable bonds is 4. The number of nitrogens with one attached hydrogen (secondary N) is 2. The van der Waals surface area contributed by atoms with E-state index in [4.69, 9.17) is 0 Å². The van der Waals surface area contributed by atoms with Crippen molar-refractivity contribution >= 4 is 16.7 Å². The maximum Gasteiger partial charge on any atom is 0.393 e. The molecule has 4 nitrogen and oxygen atoms in total. The molecular formula is C11H19F3N2O2S. The van der Waals surface area contributed by atoms with E-state index in [9.17, 15) is 22.2 Å². The second-order valence-electron chi connectivity index (χ2n) is 4.93. The summed E-state index contributed by atoms with van der Waals surface area (Å²) in [7, 11) is -1.02. The summed E-state index contributed by atoms with van der Waals surface area (Å²) >= 11 is 0. The van der Waals surface area contributed by atoms with E-state index in [1.807, 2.05) is 0 Å². The Labute approximate surface area is 113 Å². The molecule has 1 aliphatic rings. The lowest BCUT2D eigenvalue weighted by Crippen LogP contribution is -2.53. The number of hydrogen-bond acceptors (Lipinski definition) is 3. The Hall–Kier alpha value is -0.630. The van der Waals surface area contributed by atoms with Crippen molar-refractivity contribution in [1.29, 1.82) is 0 Å². The first-order valence-corrected chi connectivity index (χ1v) is 7.83. The minimum Gasteiger partial charge on any atom is -0.351 e. The molecule has 2 N–H and O–H groups in total. The van der Waals surface area contributed by atoms with Crippen molar-refractivity contribution in [3.63, 3.8) is 0 Å². The van der Waals surface area contributed by atoms with Gasteiger partial charge in [0.1, 0.15) is 0 Å². The van der Waals surface area contributed by atoms with Crippen molar-refractivity contribution in [3.8, 4) is 0 Å². The number of alkyl halides is 3. The first-order chi connectivity index (χ1) is 8.70. The molecule has 1 fully saturated rings. The highest BCUT2D eigenvalue weighted by Crippen LogP contribution is 2.31. The zero-order valence-electron chi connectivity index (χ0n) is 10.9. The van der Waals surface area contributed by atoms with Crippen LogP contribution in [0, 0.1) is 5.92 Å². The normalized spacial score (nSPS) is 27.6. The first kappa shape index (κ1) is 16.4. The summed E-state index contributed by atoms with van der Waals surface area (Å²) in [4.78, 5) is 11.8. The molecule has 0 aromatic heterocycles. The van der Waals surface area contributed by atoms with Crippen molar-refractivity contribution < 1.29 is 22.2 Å². The van der Waals surface area contributed by atoms with Gasteiger partial charge >= 0.3 is 6.18 Å². The molecule has 1 heterocycles. The Bertz CT molecular complexity index is 341. The summed E-state index contributed by atoms with van der Waals surface area (Å²) in [6.45, 7) is 1.50. The highest BCUT2D eigenvalue weighted by atomic mass is 32.2. The second kappa shape index (κ2) is 6.69. The van der Waals surface area contributed by atoms with Crippen LogP contribution in [0.15, 0.2) is 0 Å². The minimum atomic E-state index is -4.21. The van der Waals surface area contributed by atoms with E-state index in [0.717, 1.165) is 0 Å². The third kappa shape index (κ3) is 5.48. The van der Waals surface area contributed by atoms with Gasteiger partial charge < -0.3 is 10.6 Å². The summed E-state index contributed by atoms with van der Waals surface area (Å²) < 4.78 is 48.3. The zero-order chi connectivity index (χ0) is 14.6. The van der Waals surface area contributed by atoms with Gasteiger partial charge in [-0.25, -0.2) is 0 Å². The van der Waals surface area contributed by atoms with Crippen LogP contribution in [0.5, 0.6) is 0 Å². The molecule has 112 valence electrons. The third-order valence-electron chi connectivity index (χ3n) is 3.07. The standard InChI is InChI=1S/C11H19F3N2O2S/c1-7(6-19(2)18)16-10(17)9-4-3-8(5-15-9)11(12,13)14/h7-9,15H,3-6H2,1-2H3,(H,16,17). The van der Waals surface area contributed by atoms with Crippen LogP contribution < -0.4 is 10.6 Å². The molecular weight excluding hydrogens is 281 g/mol. The highest BCUT2D eigenvalue weighted by Gasteiger charge is 2.42. The Kier molecular flexibility index (Phi) is 5.79. The van der Waals surface area contributed by atoms with Crippen molar-refractivity contribution in [2.24, 2.45) is 5.92 Å². The summed E-state index contributed by atoms with van der Waals surface area (Å²) in [6.07, 6.45) is -2.54. The van der Waals surface area contributed by atoms with Gasteiger partial charge in [0.15, 0.2) is 0 Å². The molecule has 1 saturated heterocycles. The number of hydrogen-bond donors (Lipinski definition) is 2. The highest BCUT2D eigenvalue weighted by molar-refractivity contribution is 7.84. The van der Waals surface area contributed by atoms with Gasteiger partial charge in [-0.1, -0.05) is 0 Å². The van der Waals surface area contributed by atoms with Gasteiger partial charge in [0.05, 0.1) is 12.0 Å². The monoisotopic (exact) mass is 300 g/mol. The number of halogens is 3. The first-order valence-electron chi connectivity index (χ1n) is 6.10. The maximum atomic E-state index is 12.4. The molecule has 0 saturated carbocycles. The molecule has 0 spiro atoms. The van der Waals surface area contributed by atoms with Crippen LogP contribution in [0.1, 0.15) is 19.8 Å². The Morgan fingerprint density at radius 2 is 2.11 bits per heavy atom. The quantitative estimate of drug-likeness (QED) is 0.807. The van der Waals surface area contributed by atoms with Gasteiger partial charge in [-0.15, -0.1) is 0 Å². The summed E-state index contributed by atoms with van der Waals surface area (Å²) in [5.41, 5.74) is 0. The molecule has 8 heteroatoms. The van der Waals surface area contributed by atoms with Crippen LogP contribution >= 0.6 is 0 Å². The maximum absolute atomic E-state index is 12.4. The summed E-state index contributed by atoms with van der Waals surface area (Å²) in [6, 6.07) is -0.841. The van der Waals surface area contributed by atoms with Crippen LogP contribution in [-0.4, -0.2) is 46.9 Å². The lowest BCUT2D eigenvalue weighted by Gasteiger charge is -2.30. The molecule has 0 radical (unpaired) electrons. The van der Waals surface area contributed by atoms with Crippen molar-refractivity contribution in [3.05, 3.63) is 0 Å². The number of amides is 1. The van der Waals surface area contributed by atoms with Gasteiger partial charge in [-0.3, -0.25) is 9.00 Å². The number of carbonyl (C=O) groups is 1. The lowest BCUT2D eigenvalue weighted by molar-refractivity contribution is -0.180. The fraction of sp³-hybridized carbons (Fsp3) is 0.909. The SMILES string of the molecule is CC(CS(C)=O)NC(=O)C1CCC(C(F)(F)F)CN1. The number of piperidine rings is 1. The van der Waals surface area contributed by atoms with E-state index >= 15 is 0 Å². The molecule has 4 unspecified atom stereocenters. The Morgan fingerprint density at radius 1 is 1.47 bits per heavy atom. The van der Waals surface area contributed by atoms with Crippen LogP contribution in [-0.2, 0) is 15.6 Å². The molecule has 0 aliphatic carbocycles. The fourth-order valence-corrected chi connectivity index (χ4v) is 2.88. The van der Waals surface area contributed by atoms with Crippen molar-refractivity contribution in [2.45, 2.75) is 38.0 Å². The molecule has 4 atom stereocenters. The van der Waals surface area contributed by atoms with Crippen LogP contribution in [0.2, 0.25) is 0 Å². The Balaban J connectivity index is 2.39. The minimum absolute atomic E-state index is 0.0390. The van der Waals surface area contributed by atoms with Crippen molar-refractivity contribution in [1.82, 2.24) is 10.6 Å². The number of carbonyl (C=O) groups excluding carboxylic acids is 1. The van der Waals surface area contributed by atoms with E-state index in [1.165, 1.54) is 6.26 Å². The topological polar surface area (TPSA) is 58.2 Å². The van der Waals surface area contributed by atoms with Gasteiger partial charge in [0, 0.05) is 35.4 Å². The smallest absolute Gasteiger partial charge is 0.351 e. The van der Waals surface area contributed by atoms with E-state index < -0.39 is 28.9 Å². The van der Waals surface area contributed by atoms with Gasteiger partial charge in [-0.2, -0.15) is 13.2 Å². The van der Waals surface area contributed by atoms with Gasteiger partial charge in [0.2, 0.25) is 5.91 Å². The molecule has 0 bridgehead atoms. The van der Waals surface area contributed by atoms with E-state index in [-0.39, 0.29) is 31.3 Å². The average Bonchev–Trinajstić information content (AvgIpc) is 2.26. The van der Waals surface area contributed by atoms with E-state index in [1.54, 1.807) is 6.92 Å². The molecule has 1 aliphatic heterocycles. The molecule has 1 amide bonds. The second-order valence-corrected chi connectivity index (χ2v) is 6.41. The van der Waals surface area contributed by atoms with E-state index in [2.05, 4.69) is 10.6 Å². The molecule has 1 rings (SSSR count). The predicted octanol–water partition coefficient (Wildman–Crippen LogP) is 0.800. The lowest BCUT2D eigenvalue weighted by atomic mass is 9.94. The van der Waals surface area contributed by atoms with Crippen LogP contribution in [0.4, 0.5) is 13.2 Å². The molecule has 0 aromatic carbocycles. The van der Waals surface area contributed by atoms with Gasteiger partial charge in [0.25, 0.3) is 0 Å². The predicted molar refractivity (Wildman–Crippen MR) is 67.1 cm³/mol. The average molecular weight is 300 g/mol. The van der Waals surface area contributed by atoms with E-state index in [0.29, 0.717) is 5.75 Å². The van der Waals surface area contributed by atoms with Crippen LogP contribution in [0.3, 0.4) is 0 Å². The molecule has 0 aromatic rings. The van der Waals surface area contributed by atoms with Crippen molar-refractivity contribution in [2.75, 3.05) is 18.6 Å². The fourth-order valence-electron chi connectivity index (χ4n) is 2.10. The largest absolute Gasteiger partial charge is 0.393 e. The summed E-state index contributed by atoms with van der Waals surface area (Å²) in [5.74, 6) is -1.36. The molecule has 19 heavy (non-hydrogen) atoms. The Morgan fingerprint density at radius 3 is 2.53 bits per heavy atom. The summed E-state index contributed by atoms with van der Waals surface area (Å²) in [5, 5.41) is 5.29. The third-order valence-corrected chi connectivity index (χ3v) is 4.04. The van der Waals surface area contributed by atoms with Crippen LogP contribution in [0.25, 0.3) is 0 Å². The van der Waals surface area contributed by atoms with Gasteiger partial charge in [-0.05, 0) is 19.8 Å².